The summed E-state index contributed by atoms with van der Waals surface area (Å²) < 4.78 is 1.84. The normalized spacial score (nSPS) is 12.0. The van der Waals surface area contributed by atoms with E-state index in [1.54, 1.807) is 12.1 Å². The Hall–Kier alpha value is -0.840. The average Bonchev–Trinajstić information content (AvgIpc) is 2.48. The maximum atomic E-state index is 12.4. The second kappa shape index (κ2) is 7.43. The maximum absolute atomic E-state index is 12.4. The van der Waals surface area contributed by atoms with Gasteiger partial charge < -0.3 is 5.32 Å². The zero-order valence-corrected chi connectivity index (χ0v) is 15.3. The second-order valence-electron chi connectivity index (χ2n) is 4.61. The number of nitrogens with one attached hydrogen (secondary N) is 1. The number of carbonyl (C=O) groups excluding carboxylic acids is 1. The largest absolute Gasteiger partial charge is 0.345 e. The third-order valence-corrected chi connectivity index (χ3v) is 4.51. The summed E-state index contributed by atoms with van der Waals surface area (Å²) >= 11 is 12.9. The van der Waals surface area contributed by atoms with Crippen molar-refractivity contribution in [2.45, 2.75) is 19.4 Å². The molecule has 1 atom stereocenters. The molecule has 0 saturated heterocycles. The van der Waals surface area contributed by atoms with Gasteiger partial charge in [-0.05, 0) is 42.3 Å². The number of carbonyl (C=O) groups is 1. The number of halogens is 3. The van der Waals surface area contributed by atoms with Gasteiger partial charge in [0.05, 0.1) is 16.6 Å². The Morgan fingerprint density at radius 1 is 1.14 bits per heavy atom. The number of rotatable bonds is 4. The van der Waals surface area contributed by atoms with Gasteiger partial charge in [0.15, 0.2) is 0 Å². The zero-order chi connectivity index (χ0) is 15.4. The molecule has 5 heteroatoms. The van der Waals surface area contributed by atoms with Crippen LogP contribution in [0.5, 0.6) is 0 Å². The molecule has 110 valence electrons. The molecule has 0 bridgehead atoms. The highest BCUT2D eigenvalue weighted by atomic mass is 79.9. The molecule has 0 saturated carbocycles. The molecule has 2 aromatic carbocycles. The van der Waals surface area contributed by atoms with E-state index in [1.165, 1.54) is 0 Å². The summed E-state index contributed by atoms with van der Waals surface area (Å²) in [4.78, 5) is 12.4. The van der Waals surface area contributed by atoms with Gasteiger partial charge in [-0.2, -0.15) is 0 Å². The van der Waals surface area contributed by atoms with E-state index in [1.807, 2.05) is 37.3 Å². The topological polar surface area (TPSA) is 29.1 Å². The Bertz CT molecular complexity index is 643. The molecule has 2 aromatic rings. The highest BCUT2D eigenvalue weighted by Gasteiger charge is 2.16. The quantitative estimate of drug-likeness (QED) is 0.657. The van der Waals surface area contributed by atoms with E-state index < -0.39 is 0 Å². The Labute approximate surface area is 146 Å². The first-order valence-corrected chi connectivity index (χ1v) is 8.49. The molecule has 0 aromatic heterocycles. The van der Waals surface area contributed by atoms with Crippen molar-refractivity contribution in [1.82, 2.24) is 5.32 Å². The molecule has 0 fully saturated rings. The summed E-state index contributed by atoms with van der Waals surface area (Å²) in [6, 6.07) is 13.1. The molecule has 1 unspecified atom stereocenters. The molecule has 21 heavy (non-hydrogen) atoms. The van der Waals surface area contributed by atoms with Gasteiger partial charge in [0.25, 0.3) is 5.91 Å². The van der Waals surface area contributed by atoms with Crippen molar-refractivity contribution in [3.8, 4) is 0 Å². The first kappa shape index (κ1) is 16.5. The van der Waals surface area contributed by atoms with Crippen molar-refractivity contribution in [1.29, 1.82) is 0 Å². The zero-order valence-electron chi connectivity index (χ0n) is 11.4. The van der Waals surface area contributed by atoms with E-state index in [0.29, 0.717) is 10.6 Å². The Morgan fingerprint density at radius 2 is 1.76 bits per heavy atom. The minimum atomic E-state index is -0.170. The van der Waals surface area contributed by atoms with Gasteiger partial charge in [-0.3, -0.25) is 4.79 Å². The van der Waals surface area contributed by atoms with Gasteiger partial charge in [-0.15, -0.1) is 0 Å². The number of benzene rings is 2. The summed E-state index contributed by atoms with van der Waals surface area (Å²) in [5.41, 5.74) is 1.54. The third-order valence-electron chi connectivity index (χ3n) is 3.16. The van der Waals surface area contributed by atoms with Crippen molar-refractivity contribution in [2.75, 3.05) is 0 Å². The van der Waals surface area contributed by atoms with Crippen LogP contribution in [0.15, 0.2) is 51.4 Å². The first-order valence-electron chi connectivity index (χ1n) is 6.52. The van der Waals surface area contributed by atoms with Crippen LogP contribution in [-0.4, -0.2) is 5.91 Å². The lowest BCUT2D eigenvalue weighted by molar-refractivity contribution is 0.0935. The second-order valence-corrected chi connectivity index (χ2v) is 6.85. The minimum absolute atomic E-state index is 0.0411. The third kappa shape index (κ3) is 4.31. The predicted molar refractivity (Wildman–Crippen MR) is 93.8 cm³/mol. The predicted octanol–water partition coefficient (Wildman–Crippen LogP) is 5.75. The van der Waals surface area contributed by atoms with Crippen LogP contribution in [0.3, 0.4) is 0 Å². The Kier molecular flexibility index (Phi) is 5.85. The molecule has 0 aliphatic heterocycles. The highest BCUT2D eigenvalue weighted by Crippen LogP contribution is 2.24. The van der Waals surface area contributed by atoms with Crippen LogP contribution >= 0.6 is 43.5 Å². The van der Waals surface area contributed by atoms with E-state index in [2.05, 4.69) is 37.2 Å². The Balaban J connectivity index is 2.20. The molecule has 0 spiro atoms. The molecule has 0 aliphatic carbocycles. The fraction of sp³-hybridized carbons (Fsp3) is 0.188. The smallest absolute Gasteiger partial charge is 0.253 e. The molecule has 0 heterocycles. The molecule has 2 nitrogen and oxygen atoms in total. The van der Waals surface area contributed by atoms with Crippen LogP contribution in [0.4, 0.5) is 0 Å². The van der Waals surface area contributed by atoms with Gasteiger partial charge >= 0.3 is 0 Å². The monoisotopic (exact) mass is 429 g/mol. The van der Waals surface area contributed by atoms with Crippen molar-refractivity contribution >= 4 is 49.4 Å². The van der Waals surface area contributed by atoms with Crippen LogP contribution in [0.1, 0.15) is 35.3 Å². The van der Waals surface area contributed by atoms with Gasteiger partial charge in [0.2, 0.25) is 0 Å². The van der Waals surface area contributed by atoms with Crippen LogP contribution in [0.25, 0.3) is 0 Å². The van der Waals surface area contributed by atoms with Gasteiger partial charge in [0, 0.05) is 8.95 Å². The molecule has 1 N–H and O–H groups in total. The van der Waals surface area contributed by atoms with Crippen LogP contribution < -0.4 is 5.32 Å². The van der Waals surface area contributed by atoms with E-state index in [0.717, 1.165) is 20.9 Å². The lowest BCUT2D eigenvalue weighted by Gasteiger charge is -2.18. The lowest BCUT2D eigenvalue weighted by atomic mass is 10.0. The molecular formula is C16H14Br2ClNO. The average molecular weight is 432 g/mol. The first-order chi connectivity index (χ1) is 10.0. The standard InChI is InChI=1S/C16H14Br2ClNO/c1-2-15(10-3-5-11(17)6-4-10)20-16(21)13-9-12(18)7-8-14(13)19/h3-9,15H,2H2,1H3,(H,20,21). The fourth-order valence-corrected chi connectivity index (χ4v) is 2.85. The van der Waals surface area contributed by atoms with Crippen LogP contribution in [-0.2, 0) is 0 Å². The number of amides is 1. The molecule has 0 aliphatic rings. The highest BCUT2D eigenvalue weighted by molar-refractivity contribution is 9.10. The SMILES string of the molecule is CCC(NC(=O)c1cc(Br)ccc1Cl)c1ccc(Br)cc1. The lowest BCUT2D eigenvalue weighted by Crippen LogP contribution is -2.28. The van der Waals surface area contributed by atoms with Crippen molar-refractivity contribution in [3.63, 3.8) is 0 Å². The van der Waals surface area contributed by atoms with E-state index in [-0.39, 0.29) is 11.9 Å². The van der Waals surface area contributed by atoms with Crippen LogP contribution in [0.2, 0.25) is 5.02 Å². The molecule has 1 amide bonds. The van der Waals surface area contributed by atoms with Crippen LogP contribution in [0, 0.1) is 0 Å². The van der Waals surface area contributed by atoms with E-state index >= 15 is 0 Å². The number of hydrogen-bond acceptors (Lipinski definition) is 1. The van der Waals surface area contributed by atoms with Gasteiger partial charge in [0.1, 0.15) is 0 Å². The van der Waals surface area contributed by atoms with Gasteiger partial charge in [-0.1, -0.05) is 62.5 Å². The van der Waals surface area contributed by atoms with Crippen molar-refractivity contribution < 1.29 is 4.79 Å². The van der Waals surface area contributed by atoms with Gasteiger partial charge in [-0.25, -0.2) is 0 Å². The summed E-state index contributed by atoms with van der Waals surface area (Å²) in [6.07, 6.45) is 0.805. The Morgan fingerprint density at radius 3 is 2.38 bits per heavy atom. The molecule has 2 rings (SSSR count). The molecule has 0 radical (unpaired) electrons. The summed E-state index contributed by atoms with van der Waals surface area (Å²) in [6.45, 7) is 2.04. The molecular weight excluding hydrogens is 417 g/mol. The van der Waals surface area contributed by atoms with E-state index in [4.69, 9.17) is 11.6 Å². The minimum Gasteiger partial charge on any atom is -0.345 e. The fourth-order valence-electron chi connectivity index (χ4n) is 2.02. The maximum Gasteiger partial charge on any atom is 0.253 e. The number of hydrogen-bond donors (Lipinski definition) is 1. The summed E-state index contributed by atoms with van der Waals surface area (Å²) in [5.74, 6) is -0.170. The van der Waals surface area contributed by atoms with E-state index in [9.17, 15) is 4.79 Å². The summed E-state index contributed by atoms with van der Waals surface area (Å²) in [7, 11) is 0. The van der Waals surface area contributed by atoms with Crippen molar-refractivity contribution in [2.24, 2.45) is 0 Å². The van der Waals surface area contributed by atoms with Crippen molar-refractivity contribution in [3.05, 3.63) is 67.6 Å². The summed E-state index contributed by atoms with van der Waals surface area (Å²) in [5, 5.41) is 3.47.